The Bertz CT molecular complexity index is 1220. The van der Waals surface area contributed by atoms with Crippen molar-refractivity contribution in [2.75, 3.05) is 6.54 Å². The molecule has 4 aromatic rings. The van der Waals surface area contributed by atoms with Gasteiger partial charge in [0.15, 0.2) is 0 Å². The average Bonchev–Trinajstić information content (AvgIpc) is 3.38. The Morgan fingerprint density at radius 3 is 2.79 bits per heavy atom. The molecular formula is C20H21N7O. The molecule has 28 heavy (non-hydrogen) atoms. The fourth-order valence-electron chi connectivity index (χ4n) is 4.24. The first kappa shape index (κ1) is 16.9. The Balaban J connectivity index is 1.57. The van der Waals surface area contributed by atoms with Crippen LogP contribution in [0.25, 0.3) is 16.8 Å². The van der Waals surface area contributed by atoms with Crippen molar-refractivity contribution >= 4 is 22.7 Å². The SMILES string of the molecule is Cc1cc(C)n2c(C(=O)N3CCCC3c3nc4ccccc4n3C)nnc2n1. The van der Waals surface area contributed by atoms with Gasteiger partial charge in [-0.25, -0.2) is 9.97 Å². The van der Waals surface area contributed by atoms with Crippen LogP contribution in [-0.2, 0) is 7.05 Å². The number of likely N-dealkylation sites (tertiary alicyclic amines) is 1. The van der Waals surface area contributed by atoms with Crippen molar-refractivity contribution in [2.45, 2.75) is 32.7 Å². The van der Waals surface area contributed by atoms with Gasteiger partial charge in [-0.05, 0) is 44.9 Å². The molecule has 3 aromatic heterocycles. The van der Waals surface area contributed by atoms with Gasteiger partial charge in [-0.3, -0.25) is 9.20 Å². The first-order valence-electron chi connectivity index (χ1n) is 9.46. The third-order valence-electron chi connectivity index (χ3n) is 5.52. The molecule has 1 aliphatic heterocycles. The van der Waals surface area contributed by atoms with Gasteiger partial charge in [0, 0.05) is 25.0 Å². The van der Waals surface area contributed by atoms with Gasteiger partial charge in [0.05, 0.1) is 17.1 Å². The van der Waals surface area contributed by atoms with Gasteiger partial charge in [-0.15, -0.1) is 10.2 Å². The third-order valence-corrected chi connectivity index (χ3v) is 5.52. The second kappa shape index (κ2) is 6.12. The molecule has 1 fully saturated rings. The summed E-state index contributed by atoms with van der Waals surface area (Å²) in [6.45, 7) is 4.53. The van der Waals surface area contributed by atoms with E-state index in [9.17, 15) is 4.79 Å². The molecule has 8 heteroatoms. The molecule has 1 saturated heterocycles. The van der Waals surface area contributed by atoms with E-state index in [1.54, 1.807) is 4.40 Å². The summed E-state index contributed by atoms with van der Waals surface area (Å²) < 4.78 is 3.82. The highest BCUT2D eigenvalue weighted by atomic mass is 16.2. The van der Waals surface area contributed by atoms with E-state index in [4.69, 9.17) is 4.98 Å². The van der Waals surface area contributed by atoms with Crippen molar-refractivity contribution in [3.63, 3.8) is 0 Å². The van der Waals surface area contributed by atoms with Gasteiger partial charge >= 0.3 is 0 Å². The van der Waals surface area contributed by atoms with Gasteiger partial charge in [0.2, 0.25) is 5.82 Å². The Morgan fingerprint density at radius 2 is 1.96 bits per heavy atom. The number of imidazole rings is 1. The summed E-state index contributed by atoms with van der Waals surface area (Å²) in [6.07, 6.45) is 1.82. The number of hydrogen-bond donors (Lipinski definition) is 0. The molecule has 4 heterocycles. The number of aromatic nitrogens is 6. The molecule has 8 nitrogen and oxygen atoms in total. The lowest BCUT2D eigenvalue weighted by Crippen LogP contribution is -2.33. The number of fused-ring (bicyclic) bond motifs is 2. The number of aryl methyl sites for hydroxylation is 3. The van der Waals surface area contributed by atoms with Crippen molar-refractivity contribution in [2.24, 2.45) is 7.05 Å². The summed E-state index contributed by atoms with van der Waals surface area (Å²) in [5.41, 5.74) is 3.77. The molecule has 0 aliphatic carbocycles. The van der Waals surface area contributed by atoms with Crippen LogP contribution >= 0.6 is 0 Å². The van der Waals surface area contributed by atoms with E-state index < -0.39 is 0 Å². The molecule has 0 N–H and O–H groups in total. The van der Waals surface area contributed by atoms with Crippen molar-refractivity contribution in [3.8, 4) is 0 Å². The number of rotatable bonds is 2. The second-order valence-corrected chi connectivity index (χ2v) is 7.37. The Labute approximate surface area is 161 Å². The highest BCUT2D eigenvalue weighted by Crippen LogP contribution is 2.33. The molecule has 5 rings (SSSR count). The number of amides is 1. The third kappa shape index (κ3) is 2.41. The monoisotopic (exact) mass is 375 g/mol. The topological polar surface area (TPSA) is 81.2 Å². The lowest BCUT2D eigenvalue weighted by molar-refractivity contribution is 0.0714. The van der Waals surface area contributed by atoms with Crippen molar-refractivity contribution in [1.82, 2.24) is 34.0 Å². The van der Waals surface area contributed by atoms with Crippen molar-refractivity contribution in [3.05, 3.63) is 53.4 Å². The summed E-state index contributed by atoms with van der Waals surface area (Å²) in [7, 11) is 2.01. The smallest absolute Gasteiger partial charge is 0.292 e. The van der Waals surface area contributed by atoms with E-state index in [-0.39, 0.29) is 11.9 Å². The van der Waals surface area contributed by atoms with Crippen molar-refractivity contribution in [1.29, 1.82) is 0 Å². The molecule has 1 atom stereocenters. The zero-order valence-electron chi connectivity index (χ0n) is 16.1. The number of benzene rings is 1. The van der Waals surface area contributed by atoms with E-state index in [0.29, 0.717) is 18.1 Å². The molecule has 1 unspecified atom stereocenters. The predicted molar refractivity (Wildman–Crippen MR) is 104 cm³/mol. The van der Waals surface area contributed by atoms with E-state index in [0.717, 1.165) is 41.1 Å². The quantitative estimate of drug-likeness (QED) is 0.538. The summed E-state index contributed by atoms with van der Waals surface area (Å²) in [5, 5.41) is 8.28. The zero-order chi connectivity index (χ0) is 19.4. The fourth-order valence-corrected chi connectivity index (χ4v) is 4.24. The highest BCUT2D eigenvalue weighted by molar-refractivity contribution is 5.92. The maximum absolute atomic E-state index is 13.4. The van der Waals surface area contributed by atoms with E-state index >= 15 is 0 Å². The molecule has 1 aromatic carbocycles. The van der Waals surface area contributed by atoms with Crippen LogP contribution in [0.1, 0.15) is 46.7 Å². The summed E-state index contributed by atoms with van der Waals surface area (Å²) >= 11 is 0. The molecule has 0 radical (unpaired) electrons. The maximum Gasteiger partial charge on any atom is 0.292 e. The van der Waals surface area contributed by atoms with Crippen LogP contribution in [-0.4, -0.2) is 46.5 Å². The van der Waals surface area contributed by atoms with E-state index in [1.165, 1.54) is 0 Å². The maximum atomic E-state index is 13.4. The Morgan fingerprint density at radius 1 is 1.14 bits per heavy atom. The van der Waals surface area contributed by atoms with Gasteiger partial charge < -0.3 is 9.47 Å². The standard InChI is InChI=1S/C20H21N7O/c1-12-11-13(2)27-18(23-24-20(27)21-12)19(28)26-10-6-9-16(26)17-22-14-7-4-5-8-15(14)25(17)3/h4-5,7-8,11,16H,6,9-10H2,1-3H3. The van der Waals surface area contributed by atoms with E-state index in [1.807, 2.05) is 50.1 Å². The summed E-state index contributed by atoms with van der Waals surface area (Å²) in [5.74, 6) is 1.55. The summed E-state index contributed by atoms with van der Waals surface area (Å²) in [4.78, 5) is 24.5. The minimum Gasteiger partial charge on any atom is -0.329 e. The van der Waals surface area contributed by atoms with Gasteiger partial charge in [-0.1, -0.05) is 12.1 Å². The number of carbonyl (C=O) groups is 1. The van der Waals surface area contributed by atoms with Crippen LogP contribution in [0.5, 0.6) is 0 Å². The fraction of sp³-hybridized carbons (Fsp3) is 0.350. The van der Waals surface area contributed by atoms with Crippen LogP contribution in [0.2, 0.25) is 0 Å². The predicted octanol–water partition coefficient (Wildman–Crippen LogP) is 2.61. The minimum absolute atomic E-state index is 0.0732. The number of nitrogens with zero attached hydrogens (tertiary/aromatic N) is 7. The lowest BCUT2D eigenvalue weighted by Gasteiger charge is -2.23. The molecule has 142 valence electrons. The van der Waals surface area contributed by atoms with Gasteiger partial charge in [0.25, 0.3) is 11.7 Å². The van der Waals surface area contributed by atoms with Gasteiger partial charge in [0.1, 0.15) is 5.82 Å². The molecular weight excluding hydrogens is 354 g/mol. The Hall–Kier alpha value is -3.29. The lowest BCUT2D eigenvalue weighted by atomic mass is 10.2. The molecule has 1 amide bonds. The first-order chi connectivity index (χ1) is 13.5. The number of carbonyl (C=O) groups excluding carboxylic acids is 1. The molecule has 1 aliphatic rings. The minimum atomic E-state index is -0.129. The molecule has 0 bridgehead atoms. The second-order valence-electron chi connectivity index (χ2n) is 7.37. The highest BCUT2D eigenvalue weighted by Gasteiger charge is 2.35. The van der Waals surface area contributed by atoms with Crippen LogP contribution < -0.4 is 0 Å². The summed E-state index contributed by atoms with van der Waals surface area (Å²) in [6, 6.07) is 9.90. The van der Waals surface area contributed by atoms with Crippen LogP contribution in [0, 0.1) is 13.8 Å². The van der Waals surface area contributed by atoms with E-state index in [2.05, 4.69) is 25.8 Å². The largest absolute Gasteiger partial charge is 0.329 e. The Kier molecular flexibility index (Phi) is 3.68. The number of hydrogen-bond acceptors (Lipinski definition) is 5. The van der Waals surface area contributed by atoms with Gasteiger partial charge in [-0.2, -0.15) is 0 Å². The molecule has 0 saturated carbocycles. The average molecular weight is 375 g/mol. The van der Waals surface area contributed by atoms with Crippen LogP contribution in [0.3, 0.4) is 0 Å². The van der Waals surface area contributed by atoms with Crippen molar-refractivity contribution < 1.29 is 4.79 Å². The first-order valence-corrected chi connectivity index (χ1v) is 9.46. The van der Waals surface area contributed by atoms with Crippen LogP contribution in [0.4, 0.5) is 0 Å². The number of para-hydroxylation sites is 2. The normalized spacial score (nSPS) is 17.1. The zero-order valence-corrected chi connectivity index (χ0v) is 16.1. The van der Waals surface area contributed by atoms with Crippen LogP contribution in [0.15, 0.2) is 30.3 Å². The molecule has 0 spiro atoms.